The molecule has 2 N–H and O–H groups in total. The Balaban J connectivity index is 1.20. The maximum absolute atomic E-state index is 14.5. The van der Waals surface area contributed by atoms with Crippen molar-refractivity contribution >= 4 is 5.78 Å². The lowest BCUT2D eigenvalue weighted by Gasteiger charge is -2.42. The molecule has 1 saturated carbocycles. The summed E-state index contributed by atoms with van der Waals surface area (Å²) in [5.41, 5.74) is 3.93. The summed E-state index contributed by atoms with van der Waals surface area (Å²) in [5.74, 6) is 2.24. The summed E-state index contributed by atoms with van der Waals surface area (Å²) in [5, 5.41) is 7.37. The Labute approximate surface area is 251 Å². The highest BCUT2D eigenvalue weighted by Crippen LogP contribution is 2.40. The van der Waals surface area contributed by atoms with Crippen LogP contribution in [0.5, 0.6) is 11.5 Å². The van der Waals surface area contributed by atoms with Crippen molar-refractivity contribution in [2.45, 2.75) is 88.8 Å². The summed E-state index contributed by atoms with van der Waals surface area (Å²) >= 11 is 0. The molecule has 2 heterocycles. The van der Waals surface area contributed by atoms with Crippen molar-refractivity contribution in [3.05, 3.63) is 95.1 Å². The first-order chi connectivity index (χ1) is 20.7. The highest BCUT2D eigenvalue weighted by molar-refractivity contribution is 5.93. The number of benzene rings is 3. The number of hydrogen-bond donors (Lipinski definition) is 2. The van der Waals surface area contributed by atoms with Gasteiger partial charge in [-0.2, -0.15) is 0 Å². The minimum Gasteiger partial charge on any atom is -0.494 e. The van der Waals surface area contributed by atoms with Crippen molar-refractivity contribution in [1.29, 1.82) is 0 Å². The number of nitrogens with one attached hydrogen (secondary N) is 2. The fourth-order valence-corrected chi connectivity index (χ4v) is 7.21. The van der Waals surface area contributed by atoms with E-state index in [0.29, 0.717) is 24.9 Å². The third-order valence-corrected chi connectivity index (χ3v) is 9.54. The zero-order valence-corrected chi connectivity index (χ0v) is 24.9. The Kier molecular flexibility index (Phi) is 9.57. The molecule has 0 aromatic heterocycles. The SMILES string of the molecule is O=C(C1CCCCC1)C1(Cc2ccc(OCCC3CCCCN3)cc2)NCCc2cc(OCc3ccccc3)ccc21. The van der Waals surface area contributed by atoms with Crippen LogP contribution in [0, 0.1) is 5.92 Å². The second-order valence-corrected chi connectivity index (χ2v) is 12.5. The number of Topliss-reactive ketones (excluding diaryl/α,β-unsaturated/α-hetero) is 1. The quantitative estimate of drug-likeness (QED) is 0.264. The number of ketones is 1. The van der Waals surface area contributed by atoms with Crippen LogP contribution in [0.4, 0.5) is 0 Å². The monoisotopic (exact) mass is 566 g/mol. The Morgan fingerprint density at radius 3 is 2.36 bits per heavy atom. The van der Waals surface area contributed by atoms with E-state index in [4.69, 9.17) is 9.47 Å². The van der Waals surface area contributed by atoms with Crippen LogP contribution in [0.1, 0.15) is 80.0 Å². The van der Waals surface area contributed by atoms with Crippen molar-refractivity contribution in [3.8, 4) is 11.5 Å². The van der Waals surface area contributed by atoms with Gasteiger partial charge in [0.1, 0.15) is 23.6 Å². The molecule has 0 spiro atoms. The van der Waals surface area contributed by atoms with Crippen LogP contribution in [0.15, 0.2) is 72.8 Å². The normalized spacial score (nSPS) is 22.7. The van der Waals surface area contributed by atoms with Gasteiger partial charge in [-0.25, -0.2) is 0 Å². The summed E-state index contributed by atoms with van der Waals surface area (Å²) in [6, 6.07) is 25.7. The molecule has 5 nitrogen and oxygen atoms in total. The van der Waals surface area contributed by atoms with Crippen LogP contribution in [0.2, 0.25) is 0 Å². The molecular formula is C37H46N2O3. The summed E-state index contributed by atoms with van der Waals surface area (Å²) < 4.78 is 12.3. The first-order valence-corrected chi connectivity index (χ1v) is 16.2. The molecule has 6 rings (SSSR count). The molecule has 2 aliphatic heterocycles. The van der Waals surface area contributed by atoms with Crippen LogP contribution >= 0.6 is 0 Å². The van der Waals surface area contributed by atoms with Gasteiger partial charge in [-0.3, -0.25) is 4.79 Å². The average Bonchev–Trinajstić information content (AvgIpc) is 3.05. The zero-order valence-electron chi connectivity index (χ0n) is 24.9. The Morgan fingerprint density at radius 2 is 1.57 bits per heavy atom. The van der Waals surface area contributed by atoms with Gasteiger partial charge in [0.2, 0.25) is 0 Å². The Morgan fingerprint density at radius 1 is 0.786 bits per heavy atom. The lowest BCUT2D eigenvalue weighted by Crippen LogP contribution is -2.56. The largest absolute Gasteiger partial charge is 0.494 e. The van der Waals surface area contributed by atoms with E-state index in [1.807, 2.05) is 18.2 Å². The van der Waals surface area contributed by atoms with Gasteiger partial charge >= 0.3 is 0 Å². The van der Waals surface area contributed by atoms with E-state index in [0.717, 1.165) is 86.4 Å². The molecule has 1 saturated heterocycles. The van der Waals surface area contributed by atoms with Crippen LogP contribution in [-0.4, -0.2) is 31.5 Å². The highest BCUT2D eigenvalue weighted by atomic mass is 16.5. The number of carbonyl (C=O) groups is 1. The Hall–Kier alpha value is -3.15. The topological polar surface area (TPSA) is 59.6 Å². The molecule has 5 heteroatoms. The van der Waals surface area contributed by atoms with Crippen molar-refractivity contribution in [2.24, 2.45) is 5.92 Å². The molecule has 222 valence electrons. The predicted molar refractivity (Wildman–Crippen MR) is 168 cm³/mol. The molecule has 2 fully saturated rings. The highest BCUT2D eigenvalue weighted by Gasteiger charge is 2.46. The number of fused-ring (bicyclic) bond motifs is 1. The molecule has 0 amide bonds. The Bertz CT molecular complexity index is 1300. The molecule has 3 aromatic carbocycles. The third-order valence-electron chi connectivity index (χ3n) is 9.54. The lowest BCUT2D eigenvalue weighted by atomic mass is 9.69. The molecule has 2 unspecified atom stereocenters. The molecule has 0 radical (unpaired) electrons. The minimum absolute atomic E-state index is 0.113. The molecule has 3 aliphatic rings. The second-order valence-electron chi connectivity index (χ2n) is 12.5. The van der Waals surface area contributed by atoms with Gasteiger partial charge in [-0.05, 0) is 91.6 Å². The zero-order chi connectivity index (χ0) is 28.6. The molecule has 42 heavy (non-hydrogen) atoms. The van der Waals surface area contributed by atoms with E-state index in [-0.39, 0.29) is 5.92 Å². The summed E-state index contributed by atoms with van der Waals surface area (Å²) in [4.78, 5) is 14.5. The standard InChI is InChI=1S/C37H46N2O3/c40-36(30-11-5-2-6-12-30)37(26-28-14-16-33(17-15-28)41-24-21-32-13-7-8-22-38-32)35-19-18-34(25-31(35)20-23-39-37)42-27-29-9-3-1-4-10-29/h1,3-4,9-10,14-19,25,30,32,38-39H,2,5-8,11-13,20-24,26-27H2. The maximum atomic E-state index is 14.5. The smallest absolute Gasteiger partial charge is 0.160 e. The maximum Gasteiger partial charge on any atom is 0.160 e. The number of rotatable bonds is 11. The second kappa shape index (κ2) is 13.9. The molecular weight excluding hydrogens is 520 g/mol. The van der Waals surface area contributed by atoms with E-state index in [1.165, 1.54) is 31.2 Å². The van der Waals surface area contributed by atoms with E-state index in [9.17, 15) is 4.79 Å². The van der Waals surface area contributed by atoms with Crippen LogP contribution in [0.25, 0.3) is 0 Å². The van der Waals surface area contributed by atoms with Gasteiger partial charge < -0.3 is 20.1 Å². The molecule has 1 aliphatic carbocycles. The first-order valence-electron chi connectivity index (χ1n) is 16.2. The first kappa shape index (κ1) is 28.9. The van der Waals surface area contributed by atoms with Crippen LogP contribution < -0.4 is 20.1 Å². The van der Waals surface area contributed by atoms with Crippen molar-refractivity contribution in [1.82, 2.24) is 10.6 Å². The molecule has 3 aromatic rings. The van der Waals surface area contributed by atoms with Gasteiger partial charge in [0.15, 0.2) is 5.78 Å². The van der Waals surface area contributed by atoms with Crippen LogP contribution in [-0.2, 0) is 29.8 Å². The van der Waals surface area contributed by atoms with E-state index in [1.54, 1.807) is 0 Å². The van der Waals surface area contributed by atoms with E-state index in [2.05, 4.69) is 65.2 Å². The lowest BCUT2D eigenvalue weighted by molar-refractivity contribution is -0.131. The van der Waals surface area contributed by atoms with Gasteiger partial charge in [-0.1, -0.05) is 74.2 Å². The van der Waals surface area contributed by atoms with Gasteiger partial charge in [0, 0.05) is 24.9 Å². The van der Waals surface area contributed by atoms with Crippen molar-refractivity contribution in [3.63, 3.8) is 0 Å². The van der Waals surface area contributed by atoms with Gasteiger partial charge in [0.25, 0.3) is 0 Å². The van der Waals surface area contributed by atoms with Gasteiger partial charge in [0.05, 0.1) is 6.61 Å². The number of ether oxygens (including phenoxy) is 2. The molecule has 2 atom stereocenters. The number of piperidine rings is 1. The van der Waals surface area contributed by atoms with E-state index < -0.39 is 5.54 Å². The van der Waals surface area contributed by atoms with Crippen molar-refractivity contribution in [2.75, 3.05) is 19.7 Å². The number of carbonyl (C=O) groups excluding carboxylic acids is 1. The van der Waals surface area contributed by atoms with E-state index >= 15 is 0 Å². The van der Waals surface area contributed by atoms with Gasteiger partial charge in [-0.15, -0.1) is 0 Å². The fraction of sp³-hybridized carbons (Fsp3) is 0.486. The summed E-state index contributed by atoms with van der Waals surface area (Å²) in [6.07, 6.45) is 11.9. The summed E-state index contributed by atoms with van der Waals surface area (Å²) in [7, 11) is 0. The predicted octanol–water partition coefficient (Wildman–Crippen LogP) is 6.91. The fourth-order valence-electron chi connectivity index (χ4n) is 7.21. The van der Waals surface area contributed by atoms with Crippen molar-refractivity contribution < 1.29 is 14.3 Å². The minimum atomic E-state index is -0.720. The third kappa shape index (κ3) is 6.90. The average molecular weight is 567 g/mol. The number of hydrogen-bond acceptors (Lipinski definition) is 5. The molecule has 0 bridgehead atoms. The van der Waals surface area contributed by atoms with Crippen LogP contribution in [0.3, 0.4) is 0 Å². The summed E-state index contributed by atoms with van der Waals surface area (Å²) in [6.45, 7) is 3.17.